The Bertz CT molecular complexity index is 266. The molecule has 3 nitrogen and oxygen atoms in total. The number of aryl methyl sites for hydroxylation is 1. The first-order valence-electron chi connectivity index (χ1n) is 3.95. The standard InChI is InChI=1S/C9H14N2O.ClH/c1-7-6-8(10)2-3-9(7)11-4-5-12;/h2-3,6,11-12H,4-5,10H2,1H3;1H. The Kier molecular flexibility index (Phi) is 5.26. The molecule has 0 saturated heterocycles. The average Bonchev–Trinajstić information content (AvgIpc) is 2.03. The smallest absolute Gasteiger partial charge is 0.0604 e. The summed E-state index contributed by atoms with van der Waals surface area (Å²) >= 11 is 0. The minimum atomic E-state index is 0. The molecule has 0 spiro atoms. The third-order valence-corrected chi connectivity index (χ3v) is 1.68. The van der Waals surface area contributed by atoms with Crippen LogP contribution in [0.25, 0.3) is 0 Å². The maximum absolute atomic E-state index is 8.59. The van der Waals surface area contributed by atoms with Gasteiger partial charge in [-0.25, -0.2) is 0 Å². The van der Waals surface area contributed by atoms with Crippen LogP contribution < -0.4 is 11.1 Å². The Balaban J connectivity index is 0.00000144. The number of nitrogens with two attached hydrogens (primary N) is 1. The first-order valence-corrected chi connectivity index (χ1v) is 3.95. The third kappa shape index (κ3) is 3.53. The zero-order valence-electron chi connectivity index (χ0n) is 7.58. The van der Waals surface area contributed by atoms with Crippen LogP contribution in [-0.2, 0) is 0 Å². The number of aliphatic hydroxyl groups excluding tert-OH is 1. The molecular weight excluding hydrogens is 188 g/mol. The molecule has 4 N–H and O–H groups in total. The van der Waals surface area contributed by atoms with Crippen LogP contribution in [0, 0.1) is 6.92 Å². The zero-order valence-corrected chi connectivity index (χ0v) is 8.40. The second-order valence-electron chi connectivity index (χ2n) is 2.72. The molecule has 1 aromatic rings. The first kappa shape index (κ1) is 12.1. The van der Waals surface area contributed by atoms with Gasteiger partial charge in [0.1, 0.15) is 0 Å². The van der Waals surface area contributed by atoms with Gasteiger partial charge in [0, 0.05) is 17.9 Å². The van der Waals surface area contributed by atoms with Gasteiger partial charge in [-0.2, -0.15) is 0 Å². The van der Waals surface area contributed by atoms with E-state index in [1.54, 1.807) is 0 Å². The molecule has 0 aliphatic carbocycles. The Morgan fingerprint density at radius 3 is 2.69 bits per heavy atom. The predicted molar refractivity (Wildman–Crippen MR) is 58.4 cm³/mol. The van der Waals surface area contributed by atoms with Crippen LogP contribution in [0.3, 0.4) is 0 Å². The van der Waals surface area contributed by atoms with Crippen molar-refractivity contribution in [1.82, 2.24) is 0 Å². The summed E-state index contributed by atoms with van der Waals surface area (Å²) in [7, 11) is 0. The normalized spacial score (nSPS) is 9.08. The van der Waals surface area contributed by atoms with Crippen molar-refractivity contribution in [3.63, 3.8) is 0 Å². The van der Waals surface area contributed by atoms with E-state index < -0.39 is 0 Å². The van der Waals surface area contributed by atoms with Crippen molar-refractivity contribution in [1.29, 1.82) is 0 Å². The molecule has 13 heavy (non-hydrogen) atoms. The maximum atomic E-state index is 8.59. The third-order valence-electron chi connectivity index (χ3n) is 1.68. The average molecular weight is 203 g/mol. The van der Waals surface area contributed by atoms with Crippen molar-refractivity contribution in [2.45, 2.75) is 6.92 Å². The molecule has 0 amide bonds. The van der Waals surface area contributed by atoms with E-state index in [1.807, 2.05) is 25.1 Å². The van der Waals surface area contributed by atoms with E-state index in [1.165, 1.54) is 0 Å². The van der Waals surface area contributed by atoms with Crippen molar-refractivity contribution in [3.8, 4) is 0 Å². The number of anilines is 2. The maximum Gasteiger partial charge on any atom is 0.0604 e. The van der Waals surface area contributed by atoms with Crippen LogP contribution in [0.15, 0.2) is 18.2 Å². The summed E-state index contributed by atoms with van der Waals surface area (Å²) in [5.41, 5.74) is 8.47. The van der Waals surface area contributed by atoms with E-state index in [0.717, 1.165) is 16.9 Å². The lowest BCUT2D eigenvalue weighted by atomic mass is 10.2. The van der Waals surface area contributed by atoms with Crippen LogP contribution in [0.1, 0.15) is 5.56 Å². The summed E-state index contributed by atoms with van der Waals surface area (Å²) < 4.78 is 0. The summed E-state index contributed by atoms with van der Waals surface area (Å²) in [6.07, 6.45) is 0. The Labute approximate surface area is 84.4 Å². The van der Waals surface area contributed by atoms with E-state index in [-0.39, 0.29) is 19.0 Å². The highest BCUT2D eigenvalue weighted by atomic mass is 35.5. The second-order valence-corrected chi connectivity index (χ2v) is 2.72. The lowest BCUT2D eigenvalue weighted by Crippen LogP contribution is -2.06. The molecule has 0 bridgehead atoms. The topological polar surface area (TPSA) is 58.3 Å². The van der Waals surface area contributed by atoms with Crippen LogP contribution in [0.2, 0.25) is 0 Å². The number of benzene rings is 1. The molecule has 0 atom stereocenters. The molecule has 0 heterocycles. The van der Waals surface area contributed by atoms with Crippen molar-refractivity contribution >= 4 is 23.8 Å². The van der Waals surface area contributed by atoms with Crippen molar-refractivity contribution in [3.05, 3.63) is 23.8 Å². The summed E-state index contributed by atoms with van der Waals surface area (Å²) in [6.45, 7) is 2.70. The lowest BCUT2D eigenvalue weighted by molar-refractivity contribution is 0.311. The largest absolute Gasteiger partial charge is 0.399 e. The van der Waals surface area contributed by atoms with Gasteiger partial charge in [0.25, 0.3) is 0 Å². The second kappa shape index (κ2) is 5.67. The Morgan fingerprint density at radius 1 is 1.46 bits per heavy atom. The van der Waals surface area contributed by atoms with Crippen LogP contribution in [-0.4, -0.2) is 18.3 Å². The predicted octanol–water partition coefficient (Wildman–Crippen LogP) is 1.40. The van der Waals surface area contributed by atoms with E-state index >= 15 is 0 Å². The van der Waals surface area contributed by atoms with E-state index in [2.05, 4.69) is 5.32 Å². The van der Waals surface area contributed by atoms with Crippen LogP contribution >= 0.6 is 12.4 Å². The molecule has 0 radical (unpaired) electrons. The van der Waals surface area contributed by atoms with Crippen LogP contribution in [0.5, 0.6) is 0 Å². The lowest BCUT2D eigenvalue weighted by Gasteiger charge is -2.08. The molecule has 0 aliphatic rings. The Hall–Kier alpha value is -0.930. The van der Waals surface area contributed by atoms with Crippen molar-refractivity contribution in [2.75, 3.05) is 24.2 Å². The molecule has 4 heteroatoms. The fraction of sp³-hybridized carbons (Fsp3) is 0.333. The van der Waals surface area contributed by atoms with Crippen LogP contribution in [0.4, 0.5) is 11.4 Å². The number of halogens is 1. The van der Waals surface area contributed by atoms with Gasteiger partial charge in [-0.05, 0) is 30.7 Å². The highest BCUT2D eigenvalue weighted by Crippen LogP contribution is 2.16. The number of hydrogen-bond donors (Lipinski definition) is 3. The van der Waals surface area contributed by atoms with E-state index in [0.29, 0.717) is 6.54 Å². The molecule has 0 saturated carbocycles. The molecule has 0 aromatic heterocycles. The summed E-state index contributed by atoms with van der Waals surface area (Å²) in [5.74, 6) is 0. The number of rotatable bonds is 3. The number of nitrogen functional groups attached to an aromatic ring is 1. The van der Waals surface area contributed by atoms with Crippen molar-refractivity contribution in [2.24, 2.45) is 0 Å². The highest BCUT2D eigenvalue weighted by molar-refractivity contribution is 5.85. The minimum absolute atomic E-state index is 0. The Morgan fingerprint density at radius 2 is 2.15 bits per heavy atom. The zero-order chi connectivity index (χ0) is 8.97. The first-order chi connectivity index (χ1) is 5.74. The fourth-order valence-electron chi connectivity index (χ4n) is 1.08. The fourth-order valence-corrected chi connectivity index (χ4v) is 1.08. The molecule has 0 aliphatic heterocycles. The van der Waals surface area contributed by atoms with Gasteiger partial charge in [-0.3, -0.25) is 0 Å². The van der Waals surface area contributed by atoms with Gasteiger partial charge in [0.05, 0.1) is 6.61 Å². The molecule has 0 unspecified atom stereocenters. The van der Waals surface area contributed by atoms with Crippen molar-refractivity contribution < 1.29 is 5.11 Å². The highest BCUT2D eigenvalue weighted by Gasteiger charge is 1.95. The SMILES string of the molecule is Cc1cc(N)ccc1NCCO.Cl. The van der Waals surface area contributed by atoms with E-state index in [4.69, 9.17) is 10.8 Å². The molecule has 1 rings (SSSR count). The molecule has 0 fully saturated rings. The van der Waals surface area contributed by atoms with Gasteiger partial charge >= 0.3 is 0 Å². The monoisotopic (exact) mass is 202 g/mol. The van der Waals surface area contributed by atoms with Gasteiger partial charge in [0.15, 0.2) is 0 Å². The quantitative estimate of drug-likeness (QED) is 0.650. The number of nitrogens with one attached hydrogen (secondary N) is 1. The molecule has 1 aromatic carbocycles. The van der Waals surface area contributed by atoms with Gasteiger partial charge in [-0.15, -0.1) is 12.4 Å². The van der Waals surface area contributed by atoms with E-state index in [9.17, 15) is 0 Å². The molecule has 74 valence electrons. The van der Waals surface area contributed by atoms with Gasteiger partial charge < -0.3 is 16.2 Å². The minimum Gasteiger partial charge on any atom is -0.399 e. The van der Waals surface area contributed by atoms with Gasteiger partial charge in [-0.1, -0.05) is 0 Å². The number of aliphatic hydroxyl groups is 1. The summed E-state index contributed by atoms with van der Waals surface area (Å²) in [6, 6.07) is 5.66. The molecular formula is C9H15ClN2O. The van der Waals surface area contributed by atoms with Gasteiger partial charge in [0.2, 0.25) is 0 Å². The summed E-state index contributed by atoms with van der Waals surface area (Å²) in [5, 5.41) is 11.7. The number of hydrogen-bond acceptors (Lipinski definition) is 3. The summed E-state index contributed by atoms with van der Waals surface area (Å²) in [4.78, 5) is 0.